The lowest BCUT2D eigenvalue weighted by atomic mass is 10.2. The van der Waals surface area contributed by atoms with Gasteiger partial charge in [0, 0.05) is 5.56 Å². The lowest BCUT2D eigenvalue weighted by molar-refractivity contribution is 0.102. The van der Waals surface area contributed by atoms with E-state index in [4.69, 9.17) is 10.5 Å². The van der Waals surface area contributed by atoms with Gasteiger partial charge in [-0.1, -0.05) is 0 Å². The van der Waals surface area contributed by atoms with Crippen molar-refractivity contribution in [2.45, 2.75) is 6.92 Å². The van der Waals surface area contributed by atoms with Gasteiger partial charge in [0.05, 0.1) is 19.0 Å². The maximum absolute atomic E-state index is 12.0. The van der Waals surface area contributed by atoms with Gasteiger partial charge in [-0.15, -0.1) is 0 Å². The van der Waals surface area contributed by atoms with Crippen LogP contribution in [0.15, 0.2) is 36.5 Å². The number of carbonyl (C=O) groups is 1. The number of benzene rings is 1. The minimum atomic E-state index is -0.223. The van der Waals surface area contributed by atoms with Gasteiger partial charge in [-0.25, -0.2) is 4.98 Å². The van der Waals surface area contributed by atoms with Crippen molar-refractivity contribution in [3.8, 4) is 5.75 Å². The molecule has 0 atom stereocenters. The summed E-state index contributed by atoms with van der Waals surface area (Å²) < 4.78 is 5.04. The van der Waals surface area contributed by atoms with E-state index in [1.807, 2.05) is 6.92 Å². The Morgan fingerprint density at radius 1 is 1.32 bits per heavy atom. The molecule has 0 unspecified atom stereocenters. The molecular weight excluding hydrogens is 242 g/mol. The van der Waals surface area contributed by atoms with Gasteiger partial charge in [0.2, 0.25) is 0 Å². The number of aromatic nitrogens is 1. The molecule has 0 aliphatic heterocycles. The van der Waals surface area contributed by atoms with Gasteiger partial charge in [-0.2, -0.15) is 0 Å². The largest absolute Gasteiger partial charge is 0.497 e. The number of hydrogen-bond donors (Lipinski definition) is 2. The van der Waals surface area contributed by atoms with Crippen molar-refractivity contribution in [3.05, 3.63) is 47.7 Å². The Morgan fingerprint density at radius 2 is 2.00 bits per heavy atom. The number of nitrogens with zero attached hydrogens (tertiary/aromatic N) is 1. The molecule has 1 amide bonds. The van der Waals surface area contributed by atoms with Crippen LogP contribution in [-0.4, -0.2) is 18.0 Å². The van der Waals surface area contributed by atoms with Crippen LogP contribution < -0.4 is 15.8 Å². The molecule has 5 heteroatoms. The number of carbonyl (C=O) groups excluding carboxylic acids is 1. The summed E-state index contributed by atoms with van der Waals surface area (Å²) in [6, 6.07) is 8.58. The van der Waals surface area contributed by atoms with E-state index in [1.165, 1.54) is 6.20 Å². The third-order valence-electron chi connectivity index (χ3n) is 2.75. The van der Waals surface area contributed by atoms with E-state index in [9.17, 15) is 4.79 Å². The first-order chi connectivity index (χ1) is 9.10. The summed E-state index contributed by atoms with van der Waals surface area (Å²) in [5.74, 6) is 0.963. The summed E-state index contributed by atoms with van der Waals surface area (Å²) in [7, 11) is 1.58. The maximum Gasteiger partial charge on any atom is 0.256 e. The molecule has 2 rings (SSSR count). The standard InChI is InChI=1S/C14H15N3O2/c1-9-7-13(16-8-12(9)15)17-14(18)10-3-5-11(19-2)6-4-10/h3-8H,15H2,1-2H3,(H,16,17,18). The van der Waals surface area contributed by atoms with Gasteiger partial charge in [-0.3, -0.25) is 4.79 Å². The van der Waals surface area contributed by atoms with Crippen LogP contribution in [0.25, 0.3) is 0 Å². The first-order valence-corrected chi connectivity index (χ1v) is 5.77. The van der Waals surface area contributed by atoms with Crippen LogP contribution in [0.1, 0.15) is 15.9 Å². The van der Waals surface area contributed by atoms with Gasteiger partial charge in [0.1, 0.15) is 11.6 Å². The van der Waals surface area contributed by atoms with Crippen LogP contribution in [0.2, 0.25) is 0 Å². The first kappa shape index (κ1) is 12.9. The zero-order valence-electron chi connectivity index (χ0n) is 10.8. The highest BCUT2D eigenvalue weighted by Gasteiger charge is 2.07. The Balaban J connectivity index is 2.13. The number of nitrogen functional groups attached to an aromatic ring is 1. The topological polar surface area (TPSA) is 77.2 Å². The SMILES string of the molecule is COc1ccc(C(=O)Nc2cc(C)c(N)cn2)cc1. The summed E-state index contributed by atoms with van der Waals surface area (Å²) in [4.78, 5) is 16.0. The van der Waals surface area contributed by atoms with Crippen LogP contribution >= 0.6 is 0 Å². The molecule has 0 saturated heterocycles. The number of nitrogens with two attached hydrogens (primary N) is 1. The third-order valence-corrected chi connectivity index (χ3v) is 2.75. The van der Waals surface area contributed by atoms with E-state index >= 15 is 0 Å². The summed E-state index contributed by atoms with van der Waals surface area (Å²) >= 11 is 0. The van der Waals surface area contributed by atoms with Gasteiger partial charge in [0.15, 0.2) is 0 Å². The molecule has 1 aromatic heterocycles. The van der Waals surface area contributed by atoms with Crippen LogP contribution in [0, 0.1) is 6.92 Å². The molecule has 98 valence electrons. The van der Waals surface area contributed by atoms with Gasteiger partial charge < -0.3 is 15.8 Å². The average Bonchev–Trinajstić information content (AvgIpc) is 2.43. The molecule has 0 bridgehead atoms. The van der Waals surface area contributed by atoms with Gasteiger partial charge in [0.25, 0.3) is 5.91 Å². The van der Waals surface area contributed by atoms with E-state index in [0.717, 1.165) is 5.56 Å². The van der Waals surface area contributed by atoms with Crippen LogP contribution in [-0.2, 0) is 0 Å². The predicted molar refractivity (Wildman–Crippen MR) is 74.3 cm³/mol. The van der Waals surface area contributed by atoms with Crippen molar-refractivity contribution in [3.63, 3.8) is 0 Å². The zero-order chi connectivity index (χ0) is 13.8. The van der Waals surface area contributed by atoms with E-state index < -0.39 is 0 Å². The number of amides is 1. The number of rotatable bonds is 3. The van der Waals surface area contributed by atoms with Crippen LogP contribution in [0.5, 0.6) is 5.75 Å². The fourth-order valence-electron chi connectivity index (χ4n) is 1.57. The fourth-order valence-corrected chi connectivity index (χ4v) is 1.57. The van der Waals surface area contributed by atoms with E-state index in [1.54, 1.807) is 37.4 Å². The quantitative estimate of drug-likeness (QED) is 0.884. The molecule has 2 aromatic rings. The smallest absolute Gasteiger partial charge is 0.256 e. The molecule has 0 aliphatic rings. The van der Waals surface area contributed by atoms with E-state index in [0.29, 0.717) is 22.8 Å². The third kappa shape index (κ3) is 3.01. The molecule has 5 nitrogen and oxygen atoms in total. The lowest BCUT2D eigenvalue weighted by Crippen LogP contribution is -2.13. The second kappa shape index (κ2) is 5.39. The Morgan fingerprint density at radius 3 is 2.58 bits per heavy atom. The Bertz CT molecular complexity index is 594. The van der Waals surface area contributed by atoms with Crippen molar-refractivity contribution in [1.29, 1.82) is 0 Å². The molecule has 3 N–H and O–H groups in total. The van der Waals surface area contributed by atoms with Crippen molar-refractivity contribution in [1.82, 2.24) is 4.98 Å². The summed E-state index contributed by atoms with van der Waals surface area (Å²) in [5, 5.41) is 2.72. The zero-order valence-corrected chi connectivity index (χ0v) is 10.8. The van der Waals surface area contributed by atoms with E-state index in [2.05, 4.69) is 10.3 Å². The number of aryl methyl sites for hydroxylation is 1. The molecule has 1 heterocycles. The molecule has 0 saturated carbocycles. The number of nitrogens with one attached hydrogen (secondary N) is 1. The van der Waals surface area contributed by atoms with Crippen molar-refractivity contribution in [2.75, 3.05) is 18.2 Å². The number of hydrogen-bond acceptors (Lipinski definition) is 4. The Kier molecular flexibility index (Phi) is 3.66. The molecule has 0 spiro atoms. The average molecular weight is 257 g/mol. The highest BCUT2D eigenvalue weighted by atomic mass is 16.5. The van der Waals surface area contributed by atoms with E-state index in [-0.39, 0.29) is 5.91 Å². The maximum atomic E-state index is 12.0. The van der Waals surface area contributed by atoms with Crippen LogP contribution in [0.4, 0.5) is 11.5 Å². The van der Waals surface area contributed by atoms with Crippen molar-refractivity contribution < 1.29 is 9.53 Å². The second-order valence-electron chi connectivity index (χ2n) is 4.11. The summed E-state index contributed by atoms with van der Waals surface area (Å²) in [5.41, 5.74) is 7.69. The molecule has 0 fully saturated rings. The lowest BCUT2D eigenvalue weighted by Gasteiger charge is -2.07. The minimum Gasteiger partial charge on any atom is -0.497 e. The minimum absolute atomic E-state index is 0.223. The van der Waals surface area contributed by atoms with Crippen molar-refractivity contribution in [2.24, 2.45) is 0 Å². The number of anilines is 2. The Hall–Kier alpha value is -2.56. The molecule has 0 radical (unpaired) electrons. The monoisotopic (exact) mass is 257 g/mol. The highest BCUT2D eigenvalue weighted by Crippen LogP contribution is 2.15. The number of pyridine rings is 1. The van der Waals surface area contributed by atoms with Crippen molar-refractivity contribution >= 4 is 17.4 Å². The van der Waals surface area contributed by atoms with Gasteiger partial charge >= 0.3 is 0 Å². The predicted octanol–water partition coefficient (Wildman–Crippen LogP) is 2.23. The summed E-state index contributed by atoms with van der Waals surface area (Å²) in [6.45, 7) is 1.86. The number of methoxy groups -OCH3 is 1. The van der Waals surface area contributed by atoms with Gasteiger partial charge in [-0.05, 0) is 42.8 Å². The Labute approximate surface area is 111 Å². The highest BCUT2D eigenvalue weighted by molar-refractivity contribution is 6.03. The fraction of sp³-hybridized carbons (Fsp3) is 0.143. The second-order valence-corrected chi connectivity index (χ2v) is 4.11. The molecule has 1 aromatic carbocycles. The van der Waals surface area contributed by atoms with Crippen LogP contribution in [0.3, 0.4) is 0 Å². The first-order valence-electron chi connectivity index (χ1n) is 5.77. The number of ether oxygens (including phenoxy) is 1. The molecule has 19 heavy (non-hydrogen) atoms. The summed E-state index contributed by atoms with van der Waals surface area (Å²) in [6.07, 6.45) is 1.53. The normalized spacial score (nSPS) is 10.0. The molecular formula is C14H15N3O2. The molecule has 0 aliphatic carbocycles.